The third-order valence-electron chi connectivity index (χ3n) is 4.75. The smallest absolute Gasteiger partial charge is 0.360 e. The van der Waals surface area contributed by atoms with E-state index in [4.69, 9.17) is 0 Å². The summed E-state index contributed by atoms with van der Waals surface area (Å²) in [5, 5.41) is 18.5. The Kier molecular flexibility index (Phi) is 4.55. The lowest BCUT2D eigenvalue weighted by Crippen LogP contribution is -2.40. The molecule has 1 atom stereocenters. The lowest BCUT2D eigenvalue weighted by atomic mass is 10.00. The number of piperidine rings is 1. The van der Waals surface area contributed by atoms with Gasteiger partial charge in [-0.05, 0) is 56.7 Å². The van der Waals surface area contributed by atoms with E-state index in [1.807, 2.05) is 32.0 Å². The molecule has 3 rings (SSSR count). The molecule has 1 saturated heterocycles. The average Bonchev–Trinajstić information content (AvgIpc) is 3.02. The van der Waals surface area contributed by atoms with E-state index in [1.165, 1.54) is 11.2 Å². The van der Waals surface area contributed by atoms with Gasteiger partial charge in [0.05, 0.1) is 5.69 Å². The van der Waals surface area contributed by atoms with Crippen LogP contribution in [-0.2, 0) is 0 Å². The summed E-state index contributed by atoms with van der Waals surface area (Å²) in [5.41, 5.74) is 2.98. The first kappa shape index (κ1) is 16.5. The van der Waals surface area contributed by atoms with Gasteiger partial charge in [0, 0.05) is 12.6 Å². The van der Waals surface area contributed by atoms with E-state index in [0.29, 0.717) is 11.9 Å². The predicted molar refractivity (Wildman–Crippen MR) is 93.1 cm³/mol. The van der Waals surface area contributed by atoms with Crippen LogP contribution in [0.4, 0.5) is 5.82 Å². The van der Waals surface area contributed by atoms with Gasteiger partial charge >= 0.3 is 5.97 Å². The molecule has 1 fully saturated rings. The van der Waals surface area contributed by atoms with E-state index in [0.717, 1.165) is 42.6 Å². The van der Waals surface area contributed by atoms with Gasteiger partial charge in [0.15, 0.2) is 5.82 Å². The maximum absolute atomic E-state index is 11.7. The van der Waals surface area contributed by atoms with Gasteiger partial charge < -0.3 is 10.0 Å². The lowest BCUT2D eigenvalue weighted by molar-refractivity contribution is 0.0690. The van der Waals surface area contributed by atoms with Crippen LogP contribution in [0.2, 0.25) is 0 Å². The zero-order valence-corrected chi connectivity index (χ0v) is 14.5. The van der Waals surface area contributed by atoms with Crippen LogP contribution >= 0.6 is 0 Å². The molecule has 2 heterocycles. The summed E-state index contributed by atoms with van der Waals surface area (Å²) in [4.78, 5) is 15.3. The predicted octanol–water partition coefficient (Wildman–Crippen LogP) is 3.35. The first-order valence-corrected chi connectivity index (χ1v) is 8.56. The number of nitrogens with zero attached hydrogens (tertiary/aromatic N) is 4. The Labute approximate surface area is 142 Å². The zero-order chi connectivity index (χ0) is 17.3. The molecular weight excluding hydrogens is 304 g/mol. The SMILES string of the molecule is CCC1CCCCN1c1nn(-c2cc(C)ccc2C)nc1C(=O)O. The summed E-state index contributed by atoms with van der Waals surface area (Å²) in [6.45, 7) is 6.96. The Morgan fingerprint density at radius 2 is 2.08 bits per heavy atom. The molecule has 24 heavy (non-hydrogen) atoms. The van der Waals surface area contributed by atoms with Crippen LogP contribution in [0, 0.1) is 13.8 Å². The zero-order valence-electron chi connectivity index (χ0n) is 14.5. The number of rotatable bonds is 4. The van der Waals surface area contributed by atoms with Crippen molar-refractivity contribution in [3.8, 4) is 5.69 Å². The molecule has 0 aliphatic carbocycles. The number of carbonyl (C=O) groups is 1. The summed E-state index contributed by atoms with van der Waals surface area (Å²) in [5.74, 6) is -0.531. The summed E-state index contributed by atoms with van der Waals surface area (Å²) < 4.78 is 0. The fraction of sp³-hybridized carbons (Fsp3) is 0.500. The summed E-state index contributed by atoms with van der Waals surface area (Å²) in [6, 6.07) is 6.35. The highest BCUT2D eigenvalue weighted by Crippen LogP contribution is 2.28. The second kappa shape index (κ2) is 6.63. The van der Waals surface area contributed by atoms with Gasteiger partial charge in [-0.15, -0.1) is 15.0 Å². The van der Waals surface area contributed by atoms with Crippen LogP contribution < -0.4 is 4.90 Å². The minimum atomic E-state index is -1.03. The fourth-order valence-electron chi connectivity index (χ4n) is 3.38. The molecule has 0 saturated carbocycles. The van der Waals surface area contributed by atoms with Crippen LogP contribution in [0.1, 0.15) is 54.2 Å². The van der Waals surface area contributed by atoms with Crippen molar-refractivity contribution in [3.63, 3.8) is 0 Å². The molecule has 1 aliphatic rings. The van der Waals surface area contributed by atoms with Crippen molar-refractivity contribution in [1.29, 1.82) is 0 Å². The third kappa shape index (κ3) is 3.00. The standard InChI is InChI=1S/C18H24N4O2/c1-4-14-7-5-6-10-21(14)17-16(18(23)24)19-22(20-17)15-11-12(2)8-9-13(15)3/h8-9,11,14H,4-7,10H2,1-3H3,(H,23,24). The molecule has 1 aliphatic heterocycles. The number of hydrogen-bond donors (Lipinski definition) is 1. The van der Waals surface area contributed by atoms with Crippen molar-refractivity contribution >= 4 is 11.8 Å². The molecule has 0 spiro atoms. The van der Waals surface area contributed by atoms with Crippen LogP contribution in [-0.4, -0.2) is 38.7 Å². The number of carboxylic acids is 1. The second-order valence-corrected chi connectivity index (χ2v) is 6.51. The van der Waals surface area contributed by atoms with E-state index in [1.54, 1.807) is 0 Å². The number of anilines is 1. The molecular formula is C18H24N4O2. The summed E-state index contributed by atoms with van der Waals surface area (Å²) in [6.07, 6.45) is 4.30. The van der Waals surface area contributed by atoms with Crippen LogP contribution in [0.15, 0.2) is 18.2 Å². The van der Waals surface area contributed by atoms with E-state index in [9.17, 15) is 9.90 Å². The van der Waals surface area contributed by atoms with Gasteiger partial charge in [-0.1, -0.05) is 19.1 Å². The minimum absolute atomic E-state index is 0.0382. The minimum Gasteiger partial charge on any atom is -0.476 e. The largest absolute Gasteiger partial charge is 0.476 e. The molecule has 6 nitrogen and oxygen atoms in total. The van der Waals surface area contributed by atoms with Crippen LogP contribution in [0.3, 0.4) is 0 Å². The van der Waals surface area contributed by atoms with Crippen LogP contribution in [0.5, 0.6) is 0 Å². The van der Waals surface area contributed by atoms with E-state index < -0.39 is 5.97 Å². The van der Waals surface area contributed by atoms with Crippen molar-refractivity contribution in [1.82, 2.24) is 15.0 Å². The Morgan fingerprint density at radius 1 is 1.29 bits per heavy atom. The molecule has 128 valence electrons. The van der Waals surface area contributed by atoms with E-state index in [-0.39, 0.29) is 5.69 Å². The van der Waals surface area contributed by atoms with E-state index >= 15 is 0 Å². The molecule has 1 aromatic carbocycles. The number of aromatic carboxylic acids is 1. The first-order valence-electron chi connectivity index (χ1n) is 8.56. The lowest BCUT2D eigenvalue weighted by Gasteiger charge is -2.35. The topological polar surface area (TPSA) is 71.2 Å². The molecule has 0 bridgehead atoms. The van der Waals surface area contributed by atoms with Gasteiger partial charge in [-0.2, -0.15) is 0 Å². The Morgan fingerprint density at radius 3 is 2.79 bits per heavy atom. The second-order valence-electron chi connectivity index (χ2n) is 6.51. The van der Waals surface area contributed by atoms with Crippen molar-refractivity contribution in [2.45, 2.75) is 52.5 Å². The van der Waals surface area contributed by atoms with E-state index in [2.05, 4.69) is 22.0 Å². The number of carboxylic acid groups (broad SMARTS) is 1. The maximum atomic E-state index is 11.7. The highest BCUT2D eigenvalue weighted by molar-refractivity contribution is 5.91. The maximum Gasteiger partial charge on any atom is 0.360 e. The Bertz CT molecular complexity index is 753. The van der Waals surface area contributed by atoms with Gasteiger partial charge in [0.2, 0.25) is 5.69 Å². The quantitative estimate of drug-likeness (QED) is 0.932. The average molecular weight is 328 g/mol. The number of benzene rings is 1. The Hall–Kier alpha value is -2.37. The third-order valence-corrected chi connectivity index (χ3v) is 4.75. The first-order chi connectivity index (χ1) is 11.5. The summed E-state index contributed by atoms with van der Waals surface area (Å²) >= 11 is 0. The van der Waals surface area contributed by atoms with Crippen molar-refractivity contribution in [2.75, 3.05) is 11.4 Å². The van der Waals surface area contributed by atoms with Gasteiger partial charge in [0.1, 0.15) is 0 Å². The Balaban J connectivity index is 2.08. The number of hydrogen-bond acceptors (Lipinski definition) is 4. The molecule has 1 N–H and O–H groups in total. The van der Waals surface area contributed by atoms with Gasteiger partial charge in [-0.3, -0.25) is 0 Å². The van der Waals surface area contributed by atoms with Gasteiger partial charge in [0.25, 0.3) is 0 Å². The highest BCUT2D eigenvalue weighted by Gasteiger charge is 2.29. The molecule has 6 heteroatoms. The number of aromatic nitrogens is 3. The van der Waals surface area contributed by atoms with Crippen molar-refractivity contribution in [3.05, 3.63) is 35.0 Å². The molecule has 0 amide bonds. The van der Waals surface area contributed by atoms with Crippen molar-refractivity contribution in [2.24, 2.45) is 0 Å². The van der Waals surface area contributed by atoms with Crippen molar-refractivity contribution < 1.29 is 9.90 Å². The highest BCUT2D eigenvalue weighted by atomic mass is 16.4. The number of aryl methyl sites for hydroxylation is 2. The normalized spacial score (nSPS) is 18.0. The molecule has 1 aromatic heterocycles. The molecule has 1 unspecified atom stereocenters. The molecule has 2 aromatic rings. The van der Waals surface area contributed by atoms with Gasteiger partial charge in [-0.25, -0.2) is 4.79 Å². The fourth-order valence-corrected chi connectivity index (χ4v) is 3.38. The summed E-state index contributed by atoms with van der Waals surface area (Å²) in [7, 11) is 0. The van der Waals surface area contributed by atoms with Crippen LogP contribution in [0.25, 0.3) is 5.69 Å². The monoisotopic (exact) mass is 328 g/mol. The molecule has 0 radical (unpaired) electrons.